The van der Waals surface area contributed by atoms with Crippen LogP contribution in [0.25, 0.3) is 10.9 Å². The van der Waals surface area contributed by atoms with E-state index in [1.807, 2.05) is 12.3 Å². The molecule has 1 aromatic heterocycles. The number of fused-ring (bicyclic) bond motifs is 2. The molecule has 2 aliphatic rings. The van der Waals surface area contributed by atoms with Crippen molar-refractivity contribution in [3.8, 4) is 0 Å². The number of hydrogen-bond donors (Lipinski definition) is 3. The van der Waals surface area contributed by atoms with Gasteiger partial charge in [0, 0.05) is 28.0 Å². The van der Waals surface area contributed by atoms with E-state index in [1.165, 1.54) is 29.4 Å². The van der Waals surface area contributed by atoms with E-state index in [4.69, 9.17) is 5.73 Å². The van der Waals surface area contributed by atoms with Crippen molar-refractivity contribution in [1.82, 2.24) is 9.99 Å². The highest BCUT2D eigenvalue weighted by Crippen LogP contribution is 2.42. The van der Waals surface area contributed by atoms with E-state index in [-0.39, 0.29) is 0 Å². The molecule has 0 radical (unpaired) electrons. The van der Waals surface area contributed by atoms with Gasteiger partial charge in [0.05, 0.1) is 5.52 Å². The van der Waals surface area contributed by atoms with Crippen molar-refractivity contribution < 1.29 is 4.79 Å². The van der Waals surface area contributed by atoms with Crippen molar-refractivity contribution in [2.24, 2.45) is 5.73 Å². The molecule has 0 spiro atoms. The minimum absolute atomic E-state index is 0.494. The van der Waals surface area contributed by atoms with Gasteiger partial charge < -0.3 is 11.1 Å². The zero-order valence-electron chi connectivity index (χ0n) is 11.5. The van der Waals surface area contributed by atoms with Crippen LogP contribution in [0.1, 0.15) is 29.9 Å². The van der Waals surface area contributed by atoms with E-state index in [2.05, 4.69) is 32.7 Å². The molecule has 2 atom stereocenters. The summed E-state index contributed by atoms with van der Waals surface area (Å²) >= 11 is 3.60. The molecule has 2 aromatic rings. The maximum Gasteiger partial charge on any atom is 0.331 e. The Labute approximate surface area is 131 Å². The van der Waals surface area contributed by atoms with E-state index in [0.717, 1.165) is 23.0 Å². The molecule has 1 aliphatic carbocycles. The molecule has 1 aromatic carbocycles. The summed E-state index contributed by atoms with van der Waals surface area (Å²) in [4.78, 5) is 11.2. The van der Waals surface area contributed by atoms with Crippen LogP contribution in [-0.4, -0.2) is 23.3 Å². The highest BCUT2D eigenvalue weighted by atomic mass is 79.9. The van der Waals surface area contributed by atoms with Crippen LogP contribution >= 0.6 is 15.9 Å². The van der Waals surface area contributed by atoms with E-state index in [1.54, 1.807) is 4.68 Å². The molecule has 4 N–H and O–H groups in total. The summed E-state index contributed by atoms with van der Waals surface area (Å²) in [6, 6.07) is 4.21. The van der Waals surface area contributed by atoms with Crippen LogP contribution in [0.3, 0.4) is 0 Å². The average Bonchev–Trinajstić information content (AvgIpc) is 2.76. The van der Waals surface area contributed by atoms with Crippen LogP contribution in [0.4, 0.5) is 4.79 Å². The Balaban J connectivity index is 1.94. The van der Waals surface area contributed by atoms with Gasteiger partial charge in [-0.1, -0.05) is 15.9 Å². The second-order valence-electron chi connectivity index (χ2n) is 5.90. The molecule has 0 bridgehead atoms. The number of nitrogens with two attached hydrogens (primary N) is 1. The zero-order chi connectivity index (χ0) is 14.6. The van der Waals surface area contributed by atoms with Gasteiger partial charge in [-0.15, -0.1) is 0 Å². The van der Waals surface area contributed by atoms with Crippen molar-refractivity contribution in [3.05, 3.63) is 33.9 Å². The number of carbonyl (C=O) groups excluding carboxylic acids is 1. The predicted molar refractivity (Wildman–Crippen MR) is 86.1 cm³/mol. The monoisotopic (exact) mass is 348 g/mol. The maximum absolute atomic E-state index is 11.2. The van der Waals surface area contributed by atoms with Crippen LogP contribution in [-0.2, 0) is 6.42 Å². The molecule has 6 heteroatoms. The van der Waals surface area contributed by atoms with Gasteiger partial charge in [0.1, 0.15) is 0 Å². The summed E-state index contributed by atoms with van der Waals surface area (Å²) < 4.78 is 2.78. The summed E-state index contributed by atoms with van der Waals surface area (Å²) in [7, 11) is 0. The summed E-state index contributed by atoms with van der Waals surface area (Å²) in [5.41, 5.74) is 11.6. The molecule has 1 fully saturated rings. The standard InChI is InChI=1S/C15H17BrN4O/c16-9-5-11-10-2-1-3-18-12(10)4-8-7-20(19-15(17)21)13(6-9)14(8)11/h5-7,10,12,18H,1-4H2,(H3,17,19,21)/t10-,12-/m1/s1. The number of halogens is 1. The Morgan fingerprint density at radius 3 is 3.14 bits per heavy atom. The molecule has 21 heavy (non-hydrogen) atoms. The quantitative estimate of drug-likeness (QED) is 0.740. The first-order valence-corrected chi connectivity index (χ1v) is 8.06. The lowest BCUT2D eigenvalue weighted by Gasteiger charge is -2.36. The van der Waals surface area contributed by atoms with Crippen molar-refractivity contribution >= 4 is 32.9 Å². The molecular weight excluding hydrogens is 332 g/mol. The van der Waals surface area contributed by atoms with Crippen LogP contribution in [0, 0.1) is 0 Å². The molecule has 110 valence electrons. The largest absolute Gasteiger partial charge is 0.350 e. The van der Waals surface area contributed by atoms with E-state index in [0.29, 0.717) is 12.0 Å². The first kappa shape index (κ1) is 13.2. The number of primary amides is 1. The first-order valence-electron chi connectivity index (χ1n) is 7.26. The zero-order valence-corrected chi connectivity index (χ0v) is 13.1. The Kier molecular flexibility index (Phi) is 2.97. The van der Waals surface area contributed by atoms with Gasteiger partial charge in [0.15, 0.2) is 0 Å². The number of benzene rings is 1. The number of hydrogen-bond acceptors (Lipinski definition) is 2. The lowest BCUT2D eigenvalue weighted by molar-refractivity contribution is 0.257. The van der Waals surface area contributed by atoms with Crippen molar-refractivity contribution in [2.75, 3.05) is 12.0 Å². The summed E-state index contributed by atoms with van der Waals surface area (Å²) in [5, 5.41) is 4.91. The third-order valence-corrected chi connectivity index (χ3v) is 5.09. The van der Waals surface area contributed by atoms with Crippen molar-refractivity contribution in [3.63, 3.8) is 0 Å². The number of nitrogens with one attached hydrogen (secondary N) is 2. The van der Waals surface area contributed by atoms with E-state index < -0.39 is 6.03 Å². The SMILES string of the molecule is NC(=O)Nn1cc2c3c(cc(Br)cc31)[C@H]1CCCN[C@@H]1C2. The molecule has 0 saturated carbocycles. The smallest absolute Gasteiger partial charge is 0.331 e. The van der Waals surface area contributed by atoms with Gasteiger partial charge in [0.2, 0.25) is 0 Å². The molecule has 0 unspecified atom stereocenters. The highest BCUT2D eigenvalue weighted by Gasteiger charge is 2.34. The van der Waals surface area contributed by atoms with Gasteiger partial charge in [0.25, 0.3) is 0 Å². The summed E-state index contributed by atoms with van der Waals surface area (Å²) in [6.07, 6.45) is 5.43. The molecule has 2 heterocycles. The van der Waals surface area contributed by atoms with Crippen molar-refractivity contribution in [1.29, 1.82) is 0 Å². The summed E-state index contributed by atoms with van der Waals surface area (Å²) in [6.45, 7) is 1.09. The van der Waals surface area contributed by atoms with Crippen LogP contribution in [0.5, 0.6) is 0 Å². The number of rotatable bonds is 1. The molecule has 1 aliphatic heterocycles. The Morgan fingerprint density at radius 1 is 1.48 bits per heavy atom. The number of carbonyl (C=O) groups is 1. The topological polar surface area (TPSA) is 72.1 Å². The lowest BCUT2D eigenvalue weighted by atomic mass is 9.76. The van der Waals surface area contributed by atoms with E-state index >= 15 is 0 Å². The molecule has 4 rings (SSSR count). The molecule has 2 amide bonds. The first-order chi connectivity index (χ1) is 10.1. The molecule has 5 nitrogen and oxygen atoms in total. The predicted octanol–water partition coefficient (Wildman–Crippen LogP) is 2.42. The minimum Gasteiger partial charge on any atom is -0.350 e. The van der Waals surface area contributed by atoms with Crippen LogP contribution in [0.2, 0.25) is 0 Å². The van der Waals surface area contributed by atoms with Gasteiger partial charge in [-0.3, -0.25) is 4.68 Å². The maximum atomic E-state index is 11.2. The third kappa shape index (κ3) is 2.05. The number of nitrogens with zero attached hydrogens (tertiary/aromatic N) is 1. The van der Waals surface area contributed by atoms with Crippen LogP contribution in [0.15, 0.2) is 22.8 Å². The fourth-order valence-corrected chi connectivity index (χ4v) is 4.34. The van der Waals surface area contributed by atoms with Crippen molar-refractivity contribution in [2.45, 2.75) is 31.2 Å². The molecule has 1 saturated heterocycles. The number of aromatic nitrogens is 1. The van der Waals surface area contributed by atoms with Crippen LogP contribution < -0.4 is 16.5 Å². The second kappa shape index (κ2) is 4.74. The lowest BCUT2D eigenvalue weighted by Crippen LogP contribution is -2.43. The Bertz CT molecular complexity index is 739. The summed E-state index contributed by atoms with van der Waals surface area (Å²) in [5.74, 6) is 0.552. The fraction of sp³-hybridized carbons (Fsp3) is 0.400. The van der Waals surface area contributed by atoms with Gasteiger partial charge in [-0.2, -0.15) is 0 Å². The minimum atomic E-state index is -0.547. The highest BCUT2D eigenvalue weighted by molar-refractivity contribution is 9.10. The van der Waals surface area contributed by atoms with Gasteiger partial charge in [-0.25, -0.2) is 10.2 Å². The fourth-order valence-electron chi connectivity index (χ4n) is 3.88. The second-order valence-corrected chi connectivity index (χ2v) is 6.82. The molecular formula is C15H17BrN4O. The number of urea groups is 1. The Hall–Kier alpha value is -1.53. The van der Waals surface area contributed by atoms with Gasteiger partial charge >= 0.3 is 6.03 Å². The van der Waals surface area contributed by atoms with E-state index in [9.17, 15) is 4.79 Å². The number of piperidine rings is 1. The normalized spacial score (nSPS) is 23.9. The third-order valence-electron chi connectivity index (χ3n) is 4.63. The Morgan fingerprint density at radius 2 is 2.33 bits per heavy atom. The number of amides is 2. The van der Waals surface area contributed by atoms with Gasteiger partial charge in [-0.05, 0) is 49.1 Å². The average molecular weight is 349 g/mol.